The molecule has 2 rings (SSSR count). The molecule has 1 atom stereocenters. The Kier molecular flexibility index (Phi) is 5.46. The lowest BCUT2D eigenvalue weighted by Crippen LogP contribution is -2.44. The van der Waals surface area contributed by atoms with Crippen molar-refractivity contribution in [3.8, 4) is 0 Å². The van der Waals surface area contributed by atoms with Crippen molar-refractivity contribution in [3.63, 3.8) is 0 Å². The van der Waals surface area contributed by atoms with Crippen LogP contribution in [0.1, 0.15) is 25.3 Å². The summed E-state index contributed by atoms with van der Waals surface area (Å²) in [6.07, 6.45) is 4.28. The van der Waals surface area contributed by atoms with E-state index in [1.54, 1.807) is 23.2 Å². The molecule has 0 saturated carbocycles. The second-order valence-electron chi connectivity index (χ2n) is 5.33. The summed E-state index contributed by atoms with van der Waals surface area (Å²) >= 11 is 0. The molecule has 2 heterocycles. The van der Waals surface area contributed by atoms with Crippen LogP contribution in [-0.4, -0.2) is 40.2 Å². The van der Waals surface area contributed by atoms with Gasteiger partial charge in [0.05, 0.1) is 0 Å². The largest absolute Gasteiger partial charge is 0.350 e. The zero-order chi connectivity index (χ0) is 16.8. The van der Waals surface area contributed by atoms with E-state index in [1.807, 2.05) is 0 Å². The molecule has 1 aromatic heterocycles. The lowest BCUT2D eigenvalue weighted by molar-refractivity contribution is -0.136. The molecule has 0 bridgehead atoms. The Bertz CT molecular complexity index is 612. The molecule has 2 N–H and O–H groups in total. The van der Waals surface area contributed by atoms with Crippen LogP contribution >= 0.6 is 0 Å². The van der Waals surface area contributed by atoms with E-state index in [4.69, 9.17) is 0 Å². The fourth-order valence-corrected chi connectivity index (χ4v) is 2.50. The normalized spacial score (nSPS) is 16.7. The maximum absolute atomic E-state index is 12.2. The van der Waals surface area contributed by atoms with Gasteiger partial charge in [-0.15, -0.1) is 0 Å². The number of pyridine rings is 1. The van der Waals surface area contributed by atoms with Crippen molar-refractivity contribution in [1.29, 1.82) is 0 Å². The van der Waals surface area contributed by atoms with Crippen LogP contribution in [0.5, 0.6) is 0 Å². The van der Waals surface area contributed by atoms with Gasteiger partial charge < -0.3 is 15.5 Å². The van der Waals surface area contributed by atoms with Crippen LogP contribution in [0.15, 0.2) is 31.0 Å². The lowest BCUT2D eigenvalue weighted by atomic mass is 10.2. The van der Waals surface area contributed by atoms with E-state index in [1.165, 1.54) is 6.92 Å². The predicted molar refractivity (Wildman–Crippen MR) is 85.3 cm³/mol. The first-order valence-corrected chi connectivity index (χ1v) is 7.44. The molecule has 122 valence electrons. The smallest absolute Gasteiger partial charge is 0.248 e. The van der Waals surface area contributed by atoms with Crippen molar-refractivity contribution >= 4 is 23.5 Å². The van der Waals surface area contributed by atoms with E-state index in [-0.39, 0.29) is 23.8 Å². The third-order valence-electron chi connectivity index (χ3n) is 3.69. The Hall–Kier alpha value is -2.70. The molecule has 0 unspecified atom stereocenters. The molecule has 1 aliphatic heterocycles. The summed E-state index contributed by atoms with van der Waals surface area (Å²) in [6, 6.07) is 3.04. The third kappa shape index (κ3) is 4.38. The molecule has 0 radical (unpaired) electrons. The van der Waals surface area contributed by atoms with Gasteiger partial charge in [0.2, 0.25) is 17.7 Å². The second kappa shape index (κ2) is 7.53. The first kappa shape index (κ1) is 16.7. The highest BCUT2D eigenvalue weighted by Crippen LogP contribution is 2.17. The fraction of sp³-hybridized carbons (Fsp3) is 0.375. The summed E-state index contributed by atoms with van der Waals surface area (Å²) in [6.45, 7) is 5.80. The van der Waals surface area contributed by atoms with Gasteiger partial charge in [-0.3, -0.25) is 14.4 Å². The standard InChI is InChI=1S/C16H20N4O3/c1-3-15(22)19-14-7-6-12(9-17-14)10-18-16(23)13-5-4-8-20(13)11(2)21/h3,6-7,9,13H,1,4-5,8,10H2,2H3,(H,18,23)(H,17,19,22)/t13-/m1/s1. The highest BCUT2D eigenvalue weighted by atomic mass is 16.2. The SMILES string of the molecule is C=CC(=O)Nc1ccc(CNC(=O)[C@H]2CCCN2C(C)=O)cn1. The molecule has 1 aliphatic rings. The van der Waals surface area contributed by atoms with E-state index < -0.39 is 0 Å². The number of rotatable bonds is 5. The Balaban J connectivity index is 1.88. The minimum atomic E-state index is -0.383. The molecule has 7 nitrogen and oxygen atoms in total. The Labute approximate surface area is 134 Å². The lowest BCUT2D eigenvalue weighted by Gasteiger charge is -2.22. The Morgan fingerprint density at radius 2 is 2.22 bits per heavy atom. The highest BCUT2D eigenvalue weighted by Gasteiger charge is 2.31. The van der Waals surface area contributed by atoms with Crippen molar-refractivity contribution in [2.45, 2.75) is 32.4 Å². The van der Waals surface area contributed by atoms with Crippen LogP contribution in [0.25, 0.3) is 0 Å². The van der Waals surface area contributed by atoms with E-state index in [0.717, 1.165) is 18.1 Å². The summed E-state index contributed by atoms with van der Waals surface area (Å²) < 4.78 is 0. The fourth-order valence-electron chi connectivity index (χ4n) is 2.50. The van der Waals surface area contributed by atoms with Gasteiger partial charge in [-0.25, -0.2) is 4.98 Å². The Morgan fingerprint density at radius 3 is 2.83 bits per heavy atom. The summed E-state index contributed by atoms with van der Waals surface area (Å²) in [7, 11) is 0. The van der Waals surface area contributed by atoms with Gasteiger partial charge in [0.25, 0.3) is 0 Å². The second-order valence-corrected chi connectivity index (χ2v) is 5.33. The number of carbonyl (C=O) groups is 3. The van der Waals surface area contributed by atoms with Crippen LogP contribution in [0.4, 0.5) is 5.82 Å². The first-order valence-electron chi connectivity index (χ1n) is 7.44. The number of hydrogen-bond donors (Lipinski definition) is 2. The summed E-state index contributed by atoms with van der Waals surface area (Å²) in [4.78, 5) is 40.5. The Morgan fingerprint density at radius 1 is 1.43 bits per heavy atom. The minimum absolute atomic E-state index is 0.0772. The molecule has 1 saturated heterocycles. The van der Waals surface area contributed by atoms with Crippen molar-refractivity contribution < 1.29 is 14.4 Å². The topological polar surface area (TPSA) is 91.4 Å². The molecule has 0 aliphatic carbocycles. The molecule has 1 aromatic rings. The van der Waals surface area contributed by atoms with Gasteiger partial charge in [-0.1, -0.05) is 12.6 Å². The minimum Gasteiger partial charge on any atom is -0.350 e. The predicted octanol–water partition coefficient (Wildman–Crippen LogP) is 0.833. The van der Waals surface area contributed by atoms with E-state index in [2.05, 4.69) is 22.2 Å². The van der Waals surface area contributed by atoms with Gasteiger partial charge in [0, 0.05) is 26.2 Å². The number of likely N-dealkylation sites (tertiary alicyclic amines) is 1. The van der Waals surface area contributed by atoms with Crippen LogP contribution in [0, 0.1) is 0 Å². The summed E-state index contributed by atoms with van der Waals surface area (Å²) in [5.41, 5.74) is 0.808. The molecule has 0 spiro atoms. The third-order valence-corrected chi connectivity index (χ3v) is 3.69. The van der Waals surface area contributed by atoms with Gasteiger partial charge >= 0.3 is 0 Å². The number of nitrogens with zero attached hydrogens (tertiary/aromatic N) is 2. The molecular weight excluding hydrogens is 296 g/mol. The van der Waals surface area contributed by atoms with Gasteiger partial charge in [0.15, 0.2) is 0 Å². The van der Waals surface area contributed by atoms with Crippen LogP contribution in [0.3, 0.4) is 0 Å². The molecular formula is C16H20N4O3. The monoisotopic (exact) mass is 316 g/mol. The van der Waals surface area contributed by atoms with Crippen molar-refractivity contribution in [2.24, 2.45) is 0 Å². The first-order chi connectivity index (χ1) is 11.0. The molecule has 3 amide bonds. The van der Waals surface area contributed by atoms with Crippen LogP contribution in [0.2, 0.25) is 0 Å². The maximum atomic E-state index is 12.2. The number of carbonyl (C=O) groups excluding carboxylic acids is 3. The van der Waals surface area contributed by atoms with E-state index >= 15 is 0 Å². The summed E-state index contributed by atoms with van der Waals surface area (Å²) in [5.74, 6) is -0.138. The van der Waals surface area contributed by atoms with Gasteiger partial charge in [0.1, 0.15) is 11.9 Å². The average molecular weight is 316 g/mol. The maximum Gasteiger partial charge on any atom is 0.248 e. The highest BCUT2D eigenvalue weighted by molar-refractivity contribution is 5.98. The average Bonchev–Trinajstić information content (AvgIpc) is 3.03. The van der Waals surface area contributed by atoms with E-state index in [9.17, 15) is 14.4 Å². The van der Waals surface area contributed by atoms with Gasteiger partial charge in [-0.05, 0) is 30.5 Å². The number of anilines is 1. The molecule has 23 heavy (non-hydrogen) atoms. The van der Waals surface area contributed by atoms with Gasteiger partial charge in [-0.2, -0.15) is 0 Å². The number of nitrogens with one attached hydrogen (secondary N) is 2. The number of aromatic nitrogens is 1. The number of hydrogen-bond acceptors (Lipinski definition) is 4. The zero-order valence-corrected chi connectivity index (χ0v) is 13.0. The van der Waals surface area contributed by atoms with Crippen molar-refractivity contribution in [1.82, 2.24) is 15.2 Å². The zero-order valence-electron chi connectivity index (χ0n) is 13.0. The van der Waals surface area contributed by atoms with Crippen molar-refractivity contribution in [3.05, 3.63) is 36.5 Å². The van der Waals surface area contributed by atoms with Crippen molar-refractivity contribution in [2.75, 3.05) is 11.9 Å². The summed E-state index contributed by atoms with van der Waals surface area (Å²) in [5, 5.41) is 5.37. The van der Waals surface area contributed by atoms with Crippen LogP contribution in [-0.2, 0) is 20.9 Å². The molecule has 0 aromatic carbocycles. The molecule has 7 heteroatoms. The molecule has 1 fully saturated rings. The quantitative estimate of drug-likeness (QED) is 0.787. The van der Waals surface area contributed by atoms with Crippen LogP contribution < -0.4 is 10.6 Å². The number of amides is 3. The van der Waals surface area contributed by atoms with E-state index in [0.29, 0.717) is 25.3 Å².